The fourth-order valence-electron chi connectivity index (χ4n) is 3.05. The highest BCUT2D eigenvalue weighted by Gasteiger charge is 2.30. The van der Waals surface area contributed by atoms with Crippen LogP contribution < -0.4 is 5.73 Å². The highest BCUT2D eigenvalue weighted by atomic mass is 16.5. The number of aromatic nitrogens is 1. The van der Waals surface area contributed by atoms with Crippen molar-refractivity contribution in [3.63, 3.8) is 0 Å². The number of rotatable bonds is 5. The van der Waals surface area contributed by atoms with Crippen molar-refractivity contribution >= 4 is 10.9 Å². The normalized spacial score (nSPS) is 23.5. The Morgan fingerprint density at radius 1 is 1.35 bits per heavy atom. The van der Waals surface area contributed by atoms with Crippen LogP contribution in [0.5, 0.6) is 0 Å². The molecule has 3 nitrogen and oxygen atoms in total. The average molecular weight is 270 g/mol. The molecule has 1 aliphatic rings. The number of pyridine rings is 1. The lowest BCUT2D eigenvalue weighted by Gasteiger charge is -2.36. The van der Waals surface area contributed by atoms with Crippen LogP contribution in [0, 0.1) is 5.92 Å². The van der Waals surface area contributed by atoms with Gasteiger partial charge in [-0.05, 0) is 49.8 Å². The van der Waals surface area contributed by atoms with E-state index in [0.29, 0.717) is 12.0 Å². The second-order valence-corrected chi connectivity index (χ2v) is 5.71. The van der Waals surface area contributed by atoms with Crippen molar-refractivity contribution in [3.8, 4) is 0 Å². The van der Waals surface area contributed by atoms with Crippen LogP contribution in [0.15, 0.2) is 36.5 Å². The molecule has 1 aliphatic carbocycles. The first-order valence-electron chi connectivity index (χ1n) is 7.48. The summed E-state index contributed by atoms with van der Waals surface area (Å²) in [5, 5.41) is 1.17. The van der Waals surface area contributed by atoms with E-state index < -0.39 is 0 Å². The third kappa shape index (κ3) is 2.84. The number of nitrogens with two attached hydrogens (primary N) is 1. The Balaban J connectivity index is 1.63. The molecule has 0 saturated heterocycles. The molecule has 0 aliphatic heterocycles. The molecule has 0 bridgehead atoms. The molecule has 2 aromatic rings. The molecule has 20 heavy (non-hydrogen) atoms. The summed E-state index contributed by atoms with van der Waals surface area (Å²) in [6, 6.07) is 10.5. The predicted molar refractivity (Wildman–Crippen MR) is 81.4 cm³/mol. The summed E-state index contributed by atoms with van der Waals surface area (Å²) in [7, 11) is 0. The topological polar surface area (TPSA) is 48.1 Å². The number of hydrogen-bond acceptors (Lipinski definition) is 3. The second-order valence-electron chi connectivity index (χ2n) is 5.71. The van der Waals surface area contributed by atoms with E-state index in [4.69, 9.17) is 10.5 Å². The first kappa shape index (κ1) is 13.5. The first-order valence-corrected chi connectivity index (χ1v) is 7.48. The number of benzene rings is 1. The van der Waals surface area contributed by atoms with Crippen molar-refractivity contribution in [2.75, 3.05) is 6.61 Å². The molecule has 1 saturated carbocycles. The Labute approximate surface area is 120 Å². The Kier molecular flexibility index (Phi) is 3.99. The van der Waals surface area contributed by atoms with Crippen LogP contribution in [-0.4, -0.2) is 17.7 Å². The molecule has 1 unspecified atom stereocenters. The quantitative estimate of drug-likeness (QED) is 0.905. The zero-order valence-corrected chi connectivity index (χ0v) is 12.0. The first-order chi connectivity index (χ1) is 9.76. The molecule has 0 spiro atoms. The van der Waals surface area contributed by atoms with E-state index in [-0.39, 0.29) is 6.04 Å². The fraction of sp³-hybridized carbons (Fsp3) is 0.471. The third-order valence-corrected chi connectivity index (χ3v) is 4.24. The van der Waals surface area contributed by atoms with Crippen molar-refractivity contribution in [3.05, 3.63) is 42.1 Å². The van der Waals surface area contributed by atoms with Crippen LogP contribution in [0.2, 0.25) is 0 Å². The summed E-state index contributed by atoms with van der Waals surface area (Å²) in [4.78, 5) is 4.40. The minimum absolute atomic E-state index is 0.106. The van der Waals surface area contributed by atoms with Gasteiger partial charge in [-0.2, -0.15) is 0 Å². The SMILES string of the molecule is CCOC1CC(CC(N)c2ccc3cccnc3c2)C1. The molecule has 1 fully saturated rings. The lowest BCUT2D eigenvalue weighted by Crippen LogP contribution is -2.33. The molecule has 3 heteroatoms. The Hall–Kier alpha value is -1.45. The van der Waals surface area contributed by atoms with E-state index in [0.717, 1.165) is 31.4 Å². The molecule has 1 aromatic heterocycles. The number of hydrogen-bond donors (Lipinski definition) is 1. The van der Waals surface area contributed by atoms with Crippen LogP contribution in [0.1, 0.15) is 37.8 Å². The van der Waals surface area contributed by atoms with Crippen LogP contribution in [0.25, 0.3) is 10.9 Å². The molecule has 0 radical (unpaired) electrons. The van der Waals surface area contributed by atoms with Gasteiger partial charge in [0, 0.05) is 24.2 Å². The lowest BCUT2D eigenvalue weighted by atomic mass is 9.77. The van der Waals surface area contributed by atoms with E-state index >= 15 is 0 Å². The molecular formula is C17H22N2O. The number of nitrogens with zero attached hydrogens (tertiary/aromatic N) is 1. The van der Waals surface area contributed by atoms with E-state index in [1.54, 1.807) is 0 Å². The van der Waals surface area contributed by atoms with Gasteiger partial charge in [0.2, 0.25) is 0 Å². The van der Waals surface area contributed by atoms with Crippen molar-refractivity contribution in [2.45, 2.75) is 38.3 Å². The van der Waals surface area contributed by atoms with Gasteiger partial charge in [-0.15, -0.1) is 0 Å². The predicted octanol–water partition coefficient (Wildman–Crippen LogP) is 3.44. The molecule has 1 aromatic carbocycles. The standard InChI is InChI=1S/C17H22N2O/c1-2-20-15-8-12(9-15)10-16(18)14-6-5-13-4-3-7-19-17(13)11-14/h3-7,11-12,15-16H,2,8-10,18H2,1H3. The molecule has 0 amide bonds. The lowest BCUT2D eigenvalue weighted by molar-refractivity contribution is -0.0282. The highest BCUT2D eigenvalue weighted by molar-refractivity contribution is 5.78. The largest absolute Gasteiger partial charge is 0.378 e. The summed E-state index contributed by atoms with van der Waals surface area (Å²) in [6.45, 7) is 2.88. The van der Waals surface area contributed by atoms with Crippen LogP contribution in [-0.2, 0) is 4.74 Å². The third-order valence-electron chi connectivity index (χ3n) is 4.24. The van der Waals surface area contributed by atoms with Gasteiger partial charge in [-0.3, -0.25) is 4.98 Å². The van der Waals surface area contributed by atoms with Gasteiger partial charge >= 0.3 is 0 Å². The maximum absolute atomic E-state index is 6.35. The van der Waals surface area contributed by atoms with E-state index in [2.05, 4.69) is 36.2 Å². The van der Waals surface area contributed by atoms with Gasteiger partial charge in [0.15, 0.2) is 0 Å². The van der Waals surface area contributed by atoms with Gasteiger partial charge in [-0.1, -0.05) is 18.2 Å². The van der Waals surface area contributed by atoms with Crippen molar-refractivity contribution in [1.82, 2.24) is 4.98 Å². The van der Waals surface area contributed by atoms with Crippen LogP contribution >= 0.6 is 0 Å². The molecular weight excluding hydrogens is 248 g/mol. The van der Waals surface area contributed by atoms with E-state index in [1.165, 1.54) is 10.9 Å². The molecule has 1 heterocycles. The van der Waals surface area contributed by atoms with Gasteiger partial charge in [0.05, 0.1) is 11.6 Å². The molecule has 1 atom stereocenters. The highest BCUT2D eigenvalue weighted by Crippen LogP contribution is 2.36. The van der Waals surface area contributed by atoms with E-state index in [9.17, 15) is 0 Å². The van der Waals surface area contributed by atoms with Crippen molar-refractivity contribution in [2.24, 2.45) is 11.7 Å². The number of fused-ring (bicyclic) bond motifs is 1. The monoisotopic (exact) mass is 270 g/mol. The zero-order valence-electron chi connectivity index (χ0n) is 12.0. The summed E-state index contributed by atoms with van der Waals surface area (Å²) < 4.78 is 5.60. The Morgan fingerprint density at radius 2 is 2.20 bits per heavy atom. The Bertz CT molecular complexity index is 578. The second kappa shape index (κ2) is 5.90. The molecule has 3 rings (SSSR count). The van der Waals surface area contributed by atoms with Crippen LogP contribution in [0.4, 0.5) is 0 Å². The summed E-state index contributed by atoms with van der Waals surface area (Å²) in [6.07, 6.45) is 5.66. The van der Waals surface area contributed by atoms with Gasteiger partial charge in [0.25, 0.3) is 0 Å². The fourth-order valence-corrected chi connectivity index (χ4v) is 3.05. The summed E-state index contributed by atoms with van der Waals surface area (Å²) in [5.74, 6) is 0.709. The van der Waals surface area contributed by atoms with Gasteiger partial charge < -0.3 is 10.5 Å². The maximum Gasteiger partial charge on any atom is 0.0705 e. The van der Waals surface area contributed by atoms with Gasteiger partial charge in [0.1, 0.15) is 0 Å². The summed E-state index contributed by atoms with van der Waals surface area (Å²) >= 11 is 0. The minimum atomic E-state index is 0.106. The maximum atomic E-state index is 6.35. The minimum Gasteiger partial charge on any atom is -0.378 e. The smallest absolute Gasteiger partial charge is 0.0705 e. The average Bonchev–Trinajstić information content (AvgIpc) is 2.44. The van der Waals surface area contributed by atoms with Gasteiger partial charge in [-0.25, -0.2) is 0 Å². The van der Waals surface area contributed by atoms with E-state index in [1.807, 2.05) is 12.3 Å². The van der Waals surface area contributed by atoms with Crippen molar-refractivity contribution in [1.29, 1.82) is 0 Å². The summed E-state index contributed by atoms with van der Waals surface area (Å²) in [5.41, 5.74) is 8.57. The van der Waals surface area contributed by atoms with Crippen molar-refractivity contribution < 1.29 is 4.74 Å². The Morgan fingerprint density at radius 3 is 3.00 bits per heavy atom. The molecule has 106 valence electrons. The number of ether oxygens (including phenoxy) is 1. The van der Waals surface area contributed by atoms with Crippen LogP contribution in [0.3, 0.4) is 0 Å². The zero-order chi connectivity index (χ0) is 13.9. The molecule has 2 N–H and O–H groups in total.